The van der Waals surface area contributed by atoms with E-state index in [1.807, 2.05) is 0 Å². The van der Waals surface area contributed by atoms with Gasteiger partial charge in [-0.15, -0.1) is 0 Å². The molecule has 0 heterocycles. The van der Waals surface area contributed by atoms with E-state index in [0.29, 0.717) is 29.7 Å². The number of carbonyl (C=O) groups excluding carboxylic acids is 1. The molecule has 0 radical (unpaired) electrons. The van der Waals surface area contributed by atoms with Crippen molar-refractivity contribution in [1.82, 2.24) is 0 Å². The lowest BCUT2D eigenvalue weighted by atomic mass is 10.0. The number of aldehydes is 1. The van der Waals surface area contributed by atoms with Crippen LogP contribution >= 0.6 is 0 Å². The van der Waals surface area contributed by atoms with E-state index < -0.39 is 23.5 Å². The molecule has 0 aliphatic carbocycles. The molecule has 0 amide bonds. The van der Waals surface area contributed by atoms with Crippen molar-refractivity contribution in [3.05, 3.63) is 64.2 Å². The molecule has 0 bridgehead atoms. The van der Waals surface area contributed by atoms with Crippen LogP contribution in [0.15, 0.2) is 36.4 Å². The second kappa shape index (κ2) is 7.23. The lowest BCUT2D eigenvalue weighted by Gasteiger charge is -2.13. The number of hydrogen-bond acceptors (Lipinski definition) is 2. The van der Waals surface area contributed by atoms with Gasteiger partial charge in [0, 0.05) is 0 Å². The summed E-state index contributed by atoms with van der Waals surface area (Å²) >= 11 is 0. The van der Waals surface area contributed by atoms with Crippen LogP contribution in [-0.2, 0) is 12.4 Å². The highest BCUT2D eigenvalue weighted by molar-refractivity contribution is 5.82. The molecule has 2 rings (SSSR count). The first-order valence-corrected chi connectivity index (χ1v) is 7.15. The van der Waals surface area contributed by atoms with Gasteiger partial charge >= 0.3 is 12.4 Å². The minimum absolute atomic E-state index is 0.0647. The van der Waals surface area contributed by atoms with E-state index in [2.05, 4.69) is 0 Å². The third-order valence-electron chi connectivity index (χ3n) is 3.46. The molecule has 0 spiro atoms. The lowest BCUT2D eigenvalue weighted by Crippen LogP contribution is -2.11. The molecule has 0 unspecified atom stereocenters. The van der Waals surface area contributed by atoms with Gasteiger partial charge in [-0.25, -0.2) is 0 Å². The fourth-order valence-electron chi connectivity index (χ4n) is 2.22. The molecule has 2 aromatic carbocycles. The molecule has 26 heavy (non-hydrogen) atoms. The summed E-state index contributed by atoms with van der Waals surface area (Å²) in [5.41, 5.74) is -2.44. The molecule has 2 nitrogen and oxygen atoms in total. The molecule has 8 heteroatoms. The first-order chi connectivity index (χ1) is 12.0. The van der Waals surface area contributed by atoms with Crippen LogP contribution in [-0.4, -0.2) is 13.4 Å². The Labute approximate surface area is 144 Å². The van der Waals surface area contributed by atoms with Crippen molar-refractivity contribution in [2.75, 3.05) is 7.11 Å². The van der Waals surface area contributed by atoms with Gasteiger partial charge in [-0.1, -0.05) is 18.2 Å². The van der Waals surface area contributed by atoms with Crippen molar-refractivity contribution in [3.63, 3.8) is 0 Å². The minimum atomic E-state index is -4.91. The van der Waals surface area contributed by atoms with Crippen LogP contribution in [0.3, 0.4) is 0 Å². The Hall–Kier alpha value is -2.77. The van der Waals surface area contributed by atoms with Gasteiger partial charge in [-0.3, -0.25) is 4.79 Å². The summed E-state index contributed by atoms with van der Waals surface area (Å²) in [6.07, 6.45) is -6.87. The van der Waals surface area contributed by atoms with Gasteiger partial charge in [-0.2, -0.15) is 26.3 Å². The summed E-state index contributed by atoms with van der Waals surface area (Å²) < 4.78 is 82.0. The average molecular weight is 374 g/mol. The van der Waals surface area contributed by atoms with E-state index in [1.54, 1.807) is 0 Å². The molecule has 0 fully saturated rings. The summed E-state index contributed by atoms with van der Waals surface area (Å²) in [7, 11) is 1.36. The van der Waals surface area contributed by atoms with Gasteiger partial charge < -0.3 is 4.74 Å². The van der Waals surface area contributed by atoms with Gasteiger partial charge in [0.15, 0.2) is 6.29 Å². The molecule has 0 atom stereocenters. The maximum Gasteiger partial charge on any atom is 0.416 e. The minimum Gasteiger partial charge on any atom is -0.496 e. The average Bonchev–Trinajstić information content (AvgIpc) is 2.57. The smallest absolute Gasteiger partial charge is 0.416 e. The number of benzene rings is 2. The molecule has 0 N–H and O–H groups in total. The van der Waals surface area contributed by atoms with Crippen LogP contribution in [0.4, 0.5) is 26.3 Å². The van der Waals surface area contributed by atoms with Crippen molar-refractivity contribution in [2.45, 2.75) is 12.4 Å². The van der Waals surface area contributed by atoms with Gasteiger partial charge in [0.1, 0.15) is 5.75 Å². The first kappa shape index (κ1) is 19.6. The molecule has 0 aromatic heterocycles. The zero-order valence-electron chi connectivity index (χ0n) is 13.3. The Bertz CT molecular complexity index is 802. The second-order valence-corrected chi connectivity index (χ2v) is 5.29. The Kier molecular flexibility index (Phi) is 5.44. The van der Waals surface area contributed by atoms with E-state index in [9.17, 15) is 31.1 Å². The molecular formula is C18H12F6O2. The van der Waals surface area contributed by atoms with Crippen LogP contribution in [0.5, 0.6) is 5.75 Å². The third-order valence-corrected chi connectivity index (χ3v) is 3.46. The summed E-state index contributed by atoms with van der Waals surface area (Å²) in [5, 5.41) is 0. The van der Waals surface area contributed by atoms with E-state index in [1.165, 1.54) is 31.4 Å². The number of halogens is 6. The highest BCUT2D eigenvalue weighted by Crippen LogP contribution is 2.36. The third kappa shape index (κ3) is 4.65. The zero-order chi connectivity index (χ0) is 19.5. The predicted octanol–water partition coefficient (Wildman–Crippen LogP) is 5.72. The van der Waals surface area contributed by atoms with E-state index >= 15 is 0 Å². The summed E-state index contributed by atoms with van der Waals surface area (Å²) in [6, 6.07) is 5.69. The lowest BCUT2D eigenvalue weighted by molar-refractivity contribution is -0.143. The van der Waals surface area contributed by atoms with Gasteiger partial charge in [-0.05, 0) is 41.5 Å². The SMILES string of the molecule is COc1ccc(/C=C/c2cc(C(F)(F)F)cc(C(F)(F)F)c2)cc1C=O. The van der Waals surface area contributed by atoms with Crippen molar-refractivity contribution in [3.8, 4) is 5.75 Å². The van der Waals surface area contributed by atoms with Crippen molar-refractivity contribution >= 4 is 18.4 Å². The number of carbonyl (C=O) groups is 1. The molecular weight excluding hydrogens is 362 g/mol. The van der Waals surface area contributed by atoms with E-state index in [-0.39, 0.29) is 17.2 Å². The highest BCUT2D eigenvalue weighted by atomic mass is 19.4. The van der Waals surface area contributed by atoms with Crippen LogP contribution in [0, 0.1) is 0 Å². The van der Waals surface area contributed by atoms with Crippen LogP contribution < -0.4 is 4.74 Å². The Morgan fingerprint density at radius 3 is 1.81 bits per heavy atom. The van der Waals surface area contributed by atoms with E-state index in [4.69, 9.17) is 4.74 Å². The topological polar surface area (TPSA) is 26.3 Å². The summed E-state index contributed by atoms with van der Waals surface area (Å²) in [4.78, 5) is 11.0. The Morgan fingerprint density at radius 1 is 0.808 bits per heavy atom. The van der Waals surface area contributed by atoms with Crippen LogP contribution in [0.25, 0.3) is 12.2 Å². The molecule has 0 aliphatic rings. The second-order valence-electron chi connectivity index (χ2n) is 5.29. The van der Waals surface area contributed by atoms with Crippen molar-refractivity contribution in [1.29, 1.82) is 0 Å². The van der Waals surface area contributed by atoms with Gasteiger partial charge in [0.05, 0.1) is 23.8 Å². The van der Waals surface area contributed by atoms with E-state index in [0.717, 1.165) is 6.08 Å². The Morgan fingerprint density at radius 2 is 1.35 bits per heavy atom. The maximum atomic E-state index is 12.8. The van der Waals surface area contributed by atoms with Crippen LogP contribution in [0.2, 0.25) is 0 Å². The monoisotopic (exact) mass is 374 g/mol. The van der Waals surface area contributed by atoms with Crippen molar-refractivity contribution in [2.24, 2.45) is 0 Å². The number of rotatable bonds is 4. The molecule has 0 saturated heterocycles. The molecule has 138 valence electrons. The molecule has 2 aromatic rings. The van der Waals surface area contributed by atoms with Crippen molar-refractivity contribution < 1.29 is 35.9 Å². The van der Waals surface area contributed by atoms with Crippen LogP contribution in [0.1, 0.15) is 32.6 Å². The quantitative estimate of drug-likeness (QED) is 0.389. The fourth-order valence-corrected chi connectivity index (χ4v) is 2.22. The Balaban J connectivity index is 2.45. The first-order valence-electron chi connectivity index (χ1n) is 7.15. The largest absolute Gasteiger partial charge is 0.496 e. The maximum absolute atomic E-state index is 12.8. The number of hydrogen-bond donors (Lipinski definition) is 0. The predicted molar refractivity (Wildman–Crippen MR) is 83.8 cm³/mol. The van der Waals surface area contributed by atoms with Gasteiger partial charge in [0.2, 0.25) is 0 Å². The van der Waals surface area contributed by atoms with Gasteiger partial charge in [0.25, 0.3) is 0 Å². The number of ether oxygens (including phenoxy) is 1. The normalized spacial score (nSPS) is 12.4. The number of methoxy groups -OCH3 is 1. The summed E-state index contributed by atoms with van der Waals surface area (Å²) in [5.74, 6) is 0.301. The fraction of sp³-hybridized carbons (Fsp3) is 0.167. The zero-order valence-corrected chi connectivity index (χ0v) is 13.3. The standard InChI is InChI=1S/C18H12F6O2/c1-26-16-5-4-11(6-13(16)10-25)2-3-12-7-14(17(19,20)21)9-15(8-12)18(22,23)24/h2-10H,1H3/b3-2+. The number of alkyl halides is 6. The molecule has 0 aliphatic heterocycles. The molecule has 0 saturated carbocycles. The summed E-state index contributed by atoms with van der Waals surface area (Å²) in [6.45, 7) is 0. The highest BCUT2D eigenvalue weighted by Gasteiger charge is 2.36.